The van der Waals surface area contributed by atoms with E-state index in [4.69, 9.17) is 4.74 Å². The minimum Gasteiger partial charge on any atom is -0.480 e. The third kappa shape index (κ3) is 2.56. The van der Waals surface area contributed by atoms with Crippen LogP contribution in [0.2, 0.25) is 0 Å². The molecule has 0 bridgehead atoms. The molecule has 0 spiro atoms. The predicted octanol–water partition coefficient (Wildman–Crippen LogP) is 0.858. The van der Waals surface area contributed by atoms with E-state index in [-0.39, 0.29) is 17.9 Å². The van der Waals surface area contributed by atoms with Gasteiger partial charge in [0.25, 0.3) is 0 Å². The Labute approximate surface area is 118 Å². The molecule has 0 aromatic heterocycles. The van der Waals surface area contributed by atoms with Crippen LogP contribution < -0.4 is 0 Å². The molecule has 1 heterocycles. The Morgan fingerprint density at radius 1 is 1.40 bits per heavy atom. The lowest BCUT2D eigenvalue weighted by atomic mass is 10.2. The van der Waals surface area contributed by atoms with Gasteiger partial charge in [0.15, 0.2) is 0 Å². The van der Waals surface area contributed by atoms with Gasteiger partial charge in [-0.2, -0.15) is 4.31 Å². The van der Waals surface area contributed by atoms with Gasteiger partial charge in [-0.05, 0) is 18.6 Å². The number of hydrogen-bond donors (Lipinski definition) is 1. The number of carboxylic acid groups (broad SMARTS) is 1. The number of hydrogen-bond acceptors (Lipinski definition) is 4. The molecule has 0 saturated carbocycles. The van der Waals surface area contributed by atoms with Crippen LogP contribution in [0.25, 0.3) is 0 Å². The van der Waals surface area contributed by atoms with Crippen LogP contribution in [0, 0.1) is 6.92 Å². The van der Waals surface area contributed by atoms with Gasteiger partial charge in [-0.15, -0.1) is 0 Å². The number of nitrogens with zero attached hydrogens (tertiary/aromatic N) is 1. The summed E-state index contributed by atoms with van der Waals surface area (Å²) < 4.78 is 31.4. The summed E-state index contributed by atoms with van der Waals surface area (Å²) in [5.74, 6) is -1.15. The largest absolute Gasteiger partial charge is 0.480 e. The molecule has 7 heteroatoms. The standard InChI is InChI=1S/C13H17NO5S/c1-9-5-3-4-6-12(9)20(17,18)14-8-10(19-2)7-11(14)13(15)16/h3-6,10-11H,7-8H2,1-2H3,(H,15,16). The highest BCUT2D eigenvalue weighted by atomic mass is 32.2. The highest BCUT2D eigenvalue weighted by molar-refractivity contribution is 7.89. The molecule has 1 aromatic carbocycles. The summed E-state index contributed by atoms with van der Waals surface area (Å²) in [6.07, 6.45) is -0.230. The highest BCUT2D eigenvalue weighted by Gasteiger charge is 2.44. The van der Waals surface area contributed by atoms with Crippen LogP contribution in [-0.4, -0.2) is 49.6 Å². The Bertz CT molecular complexity index is 613. The number of ether oxygens (including phenoxy) is 1. The van der Waals surface area contributed by atoms with Crippen LogP contribution in [-0.2, 0) is 19.6 Å². The first-order valence-corrected chi connectivity index (χ1v) is 7.65. The van der Waals surface area contributed by atoms with Crippen LogP contribution >= 0.6 is 0 Å². The average Bonchev–Trinajstić information content (AvgIpc) is 2.84. The number of carboxylic acids is 1. The van der Waals surface area contributed by atoms with Crippen molar-refractivity contribution in [1.82, 2.24) is 4.31 Å². The van der Waals surface area contributed by atoms with Crippen molar-refractivity contribution in [3.63, 3.8) is 0 Å². The molecule has 1 aromatic rings. The van der Waals surface area contributed by atoms with Crippen molar-refractivity contribution in [2.45, 2.75) is 30.4 Å². The van der Waals surface area contributed by atoms with E-state index in [0.29, 0.717) is 5.56 Å². The zero-order valence-electron chi connectivity index (χ0n) is 11.3. The summed E-state index contributed by atoms with van der Waals surface area (Å²) in [6, 6.07) is 5.46. The van der Waals surface area contributed by atoms with E-state index in [1.807, 2.05) is 0 Å². The van der Waals surface area contributed by atoms with Gasteiger partial charge in [-0.25, -0.2) is 8.42 Å². The molecule has 0 radical (unpaired) electrons. The number of carbonyl (C=O) groups is 1. The smallest absolute Gasteiger partial charge is 0.322 e. The Morgan fingerprint density at radius 2 is 2.05 bits per heavy atom. The molecule has 2 atom stereocenters. The van der Waals surface area contributed by atoms with Crippen LogP contribution in [0.3, 0.4) is 0 Å². The quantitative estimate of drug-likeness (QED) is 0.891. The number of benzene rings is 1. The van der Waals surface area contributed by atoms with Crippen molar-refractivity contribution >= 4 is 16.0 Å². The predicted molar refractivity (Wildman–Crippen MR) is 71.9 cm³/mol. The molecule has 1 aliphatic heterocycles. The maximum absolute atomic E-state index is 12.6. The first-order valence-electron chi connectivity index (χ1n) is 6.21. The molecule has 2 unspecified atom stereocenters. The maximum Gasteiger partial charge on any atom is 0.322 e. The fourth-order valence-corrected chi connectivity index (χ4v) is 4.25. The lowest BCUT2D eigenvalue weighted by Crippen LogP contribution is -2.40. The fraction of sp³-hybridized carbons (Fsp3) is 0.462. The first kappa shape index (κ1) is 15.0. The van der Waals surface area contributed by atoms with Gasteiger partial charge >= 0.3 is 5.97 Å². The summed E-state index contributed by atoms with van der Waals surface area (Å²) in [6.45, 7) is 1.75. The molecule has 6 nitrogen and oxygen atoms in total. The molecule has 1 fully saturated rings. The van der Waals surface area contributed by atoms with Gasteiger partial charge in [0.05, 0.1) is 11.0 Å². The lowest BCUT2D eigenvalue weighted by Gasteiger charge is -2.21. The van der Waals surface area contributed by atoms with E-state index in [0.717, 1.165) is 4.31 Å². The Hall–Kier alpha value is -1.44. The summed E-state index contributed by atoms with van der Waals surface area (Å²) in [5.41, 5.74) is 0.595. The molecule has 110 valence electrons. The highest BCUT2D eigenvalue weighted by Crippen LogP contribution is 2.29. The number of sulfonamides is 1. The van der Waals surface area contributed by atoms with Gasteiger partial charge in [-0.3, -0.25) is 4.79 Å². The summed E-state index contributed by atoms with van der Waals surface area (Å²) in [5, 5.41) is 9.21. The molecule has 1 aliphatic rings. The van der Waals surface area contributed by atoms with Crippen molar-refractivity contribution in [3.05, 3.63) is 29.8 Å². The van der Waals surface area contributed by atoms with Gasteiger partial charge < -0.3 is 9.84 Å². The van der Waals surface area contributed by atoms with E-state index < -0.39 is 28.1 Å². The zero-order valence-corrected chi connectivity index (χ0v) is 12.1. The topological polar surface area (TPSA) is 83.9 Å². The lowest BCUT2D eigenvalue weighted by molar-refractivity contribution is -0.140. The molecule has 0 aliphatic carbocycles. The third-order valence-electron chi connectivity index (χ3n) is 3.52. The maximum atomic E-state index is 12.6. The zero-order chi connectivity index (χ0) is 14.9. The Kier molecular flexibility index (Phi) is 4.12. The number of aryl methyl sites for hydroxylation is 1. The normalized spacial score (nSPS) is 23.9. The monoisotopic (exact) mass is 299 g/mol. The molecule has 20 heavy (non-hydrogen) atoms. The van der Waals surface area contributed by atoms with E-state index in [1.165, 1.54) is 13.2 Å². The van der Waals surface area contributed by atoms with Crippen molar-refractivity contribution in [2.75, 3.05) is 13.7 Å². The van der Waals surface area contributed by atoms with E-state index >= 15 is 0 Å². The third-order valence-corrected chi connectivity index (χ3v) is 5.55. The Balaban J connectivity index is 2.43. The minimum atomic E-state index is -3.83. The van der Waals surface area contributed by atoms with Gasteiger partial charge in [0.2, 0.25) is 10.0 Å². The minimum absolute atomic E-state index is 0.0597. The van der Waals surface area contributed by atoms with Crippen LogP contribution in [0.5, 0.6) is 0 Å². The van der Waals surface area contributed by atoms with Crippen molar-refractivity contribution < 1.29 is 23.1 Å². The van der Waals surface area contributed by atoms with Crippen molar-refractivity contribution in [1.29, 1.82) is 0 Å². The molecule has 1 N–H and O–H groups in total. The first-order chi connectivity index (χ1) is 9.37. The van der Waals surface area contributed by atoms with Crippen LogP contribution in [0.15, 0.2) is 29.2 Å². The summed E-state index contributed by atoms with van der Waals surface area (Å²) in [7, 11) is -2.38. The second-order valence-corrected chi connectivity index (χ2v) is 6.65. The van der Waals surface area contributed by atoms with Gasteiger partial charge in [0, 0.05) is 20.1 Å². The van der Waals surface area contributed by atoms with E-state index in [2.05, 4.69) is 0 Å². The van der Waals surface area contributed by atoms with Crippen LogP contribution in [0.4, 0.5) is 0 Å². The second kappa shape index (κ2) is 5.51. The van der Waals surface area contributed by atoms with Gasteiger partial charge in [-0.1, -0.05) is 18.2 Å². The number of methoxy groups -OCH3 is 1. The SMILES string of the molecule is COC1CC(C(=O)O)N(S(=O)(=O)c2ccccc2C)C1. The summed E-state index contributed by atoms with van der Waals surface area (Å²) >= 11 is 0. The number of rotatable bonds is 4. The fourth-order valence-electron chi connectivity index (χ4n) is 2.40. The molecule has 2 rings (SSSR count). The number of aliphatic carboxylic acids is 1. The van der Waals surface area contributed by atoms with Crippen molar-refractivity contribution in [3.8, 4) is 0 Å². The second-order valence-electron chi connectivity index (χ2n) is 4.79. The Morgan fingerprint density at radius 3 is 2.60 bits per heavy atom. The molecular formula is C13H17NO5S. The van der Waals surface area contributed by atoms with E-state index in [1.54, 1.807) is 25.1 Å². The molecule has 1 saturated heterocycles. The molecular weight excluding hydrogens is 282 g/mol. The molecule has 0 amide bonds. The summed E-state index contributed by atoms with van der Waals surface area (Å²) in [4.78, 5) is 11.4. The average molecular weight is 299 g/mol. The van der Waals surface area contributed by atoms with Crippen molar-refractivity contribution in [2.24, 2.45) is 0 Å². The van der Waals surface area contributed by atoms with Gasteiger partial charge in [0.1, 0.15) is 6.04 Å². The van der Waals surface area contributed by atoms with Crippen LogP contribution in [0.1, 0.15) is 12.0 Å². The van der Waals surface area contributed by atoms with E-state index in [9.17, 15) is 18.3 Å².